The highest BCUT2D eigenvalue weighted by molar-refractivity contribution is 5.98. The van der Waals surface area contributed by atoms with E-state index >= 15 is 0 Å². The van der Waals surface area contributed by atoms with E-state index in [9.17, 15) is 14.7 Å². The zero-order valence-corrected chi connectivity index (χ0v) is 16.1. The van der Waals surface area contributed by atoms with Gasteiger partial charge in [-0.3, -0.25) is 4.79 Å². The minimum absolute atomic E-state index is 0.00575. The molecule has 0 aliphatic rings. The highest BCUT2D eigenvalue weighted by Crippen LogP contribution is 2.26. The number of ether oxygens (including phenoxy) is 2. The molecule has 0 bridgehead atoms. The molecule has 1 unspecified atom stereocenters. The zero-order valence-electron chi connectivity index (χ0n) is 16.1. The maximum atomic E-state index is 12.3. The minimum atomic E-state index is -0.965. The van der Waals surface area contributed by atoms with Crippen LogP contribution in [0.25, 0.3) is 16.8 Å². The molecule has 3 aromatic carbocycles. The number of hydrogen-bond donors (Lipinski definition) is 2. The molecular weight excluding hydrogens is 370 g/mol. The van der Waals surface area contributed by atoms with E-state index in [1.54, 1.807) is 18.2 Å². The van der Waals surface area contributed by atoms with Gasteiger partial charge in [0.2, 0.25) is 0 Å². The van der Waals surface area contributed by atoms with Crippen LogP contribution in [0.1, 0.15) is 12.5 Å². The lowest BCUT2D eigenvalue weighted by Gasteiger charge is -2.13. The third-order valence-corrected chi connectivity index (χ3v) is 4.29. The van der Waals surface area contributed by atoms with Gasteiger partial charge in [0.1, 0.15) is 0 Å². The van der Waals surface area contributed by atoms with Gasteiger partial charge in [-0.05, 0) is 53.6 Å². The molecule has 0 aliphatic heterocycles. The number of fused-ring (bicyclic) bond motifs is 1. The van der Waals surface area contributed by atoms with Gasteiger partial charge in [-0.1, -0.05) is 36.4 Å². The topological polar surface area (TPSA) is 84.9 Å². The van der Waals surface area contributed by atoms with Crippen LogP contribution in [0.2, 0.25) is 0 Å². The number of methoxy groups -OCH3 is 1. The fraction of sp³-hybridized carbons (Fsp3) is 0.130. The Bertz CT molecular complexity index is 1070. The lowest BCUT2D eigenvalue weighted by molar-refractivity contribution is -0.148. The highest BCUT2D eigenvalue weighted by Gasteiger charge is 2.16. The number of anilines is 1. The second kappa shape index (κ2) is 8.93. The second-order valence-electron chi connectivity index (χ2n) is 6.39. The van der Waals surface area contributed by atoms with E-state index < -0.39 is 18.0 Å². The number of hydrogen-bond acceptors (Lipinski definition) is 5. The molecule has 0 spiro atoms. The van der Waals surface area contributed by atoms with Gasteiger partial charge in [-0.2, -0.15) is 0 Å². The first-order chi connectivity index (χ1) is 14.0. The zero-order chi connectivity index (χ0) is 20.8. The summed E-state index contributed by atoms with van der Waals surface area (Å²) in [6, 6.07) is 18.1. The van der Waals surface area contributed by atoms with Crippen molar-refractivity contribution in [2.75, 3.05) is 12.4 Å². The number of carbonyl (C=O) groups excluding carboxylic acids is 2. The Labute approximate surface area is 168 Å². The van der Waals surface area contributed by atoms with Crippen LogP contribution in [0.5, 0.6) is 11.5 Å². The quantitative estimate of drug-likeness (QED) is 0.487. The van der Waals surface area contributed by atoms with Crippen LogP contribution in [0.15, 0.2) is 66.7 Å². The molecule has 1 amide bonds. The first kappa shape index (κ1) is 19.9. The minimum Gasteiger partial charge on any atom is -0.504 e. The van der Waals surface area contributed by atoms with E-state index in [-0.39, 0.29) is 5.75 Å². The van der Waals surface area contributed by atoms with E-state index in [0.717, 1.165) is 10.8 Å². The summed E-state index contributed by atoms with van der Waals surface area (Å²) in [5.41, 5.74) is 1.27. The van der Waals surface area contributed by atoms with E-state index in [0.29, 0.717) is 17.0 Å². The third kappa shape index (κ3) is 5.13. The van der Waals surface area contributed by atoms with E-state index in [2.05, 4.69) is 5.32 Å². The third-order valence-electron chi connectivity index (χ3n) is 4.29. The average Bonchev–Trinajstić information content (AvgIpc) is 2.73. The molecule has 29 heavy (non-hydrogen) atoms. The van der Waals surface area contributed by atoms with Crippen molar-refractivity contribution in [3.63, 3.8) is 0 Å². The fourth-order valence-electron chi connectivity index (χ4n) is 2.74. The molecule has 0 saturated carbocycles. The number of nitrogens with one attached hydrogen (secondary N) is 1. The monoisotopic (exact) mass is 391 g/mol. The largest absolute Gasteiger partial charge is 0.504 e. The fourth-order valence-corrected chi connectivity index (χ4v) is 2.74. The van der Waals surface area contributed by atoms with Crippen molar-refractivity contribution >= 4 is 34.4 Å². The van der Waals surface area contributed by atoms with Crippen LogP contribution in [-0.2, 0) is 14.3 Å². The van der Waals surface area contributed by atoms with Gasteiger partial charge >= 0.3 is 5.97 Å². The molecule has 3 rings (SSSR count). The summed E-state index contributed by atoms with van der Waals surface area (Å²) in [6.07, 6.45) is 1.76. The Hall–Kier alpha value is -3.80. The average molecular weight is 391 g/mol. The molecule has 3 aromatic rings. The number of rotatable bonds is 6. The lowest BCUT2D eigenvalue weighted by atomic mass is 10.1. The number of aromatic hydroxyl groups is 1. The van der Waals surface area contributed by atoms with Gasteiger partial charge in [0.05, 0.1) is 7.11 Å². The molecule has 2 N–H and O–H groups in total. The van der Waals surface area contributed by atoms with Crippen LogP contribution < -0.4 is 10.1 Å². The lowest BCUT2D eigenvalue weighted by Crippen LogP contribution is -2.29. The number of carbonyl (C=O) groups is 2. The van der Waals surface area contributed by atoms with Crippen molar-refractivity contribution in [3.05, 3.63) is 72.3 Å². The molecule has 148 valence electrons. The summed E-state index contributed by atoms with van der Waals surface area (Å²) in [6.45, 7) is 1.51. The maximum Gasteiger partial charge on any atom is 0.331 e. The smallest absolute Gasteiger partial charge is 0.331 e. The summed E-state index contributed by atoms with van der Waals surface area (Å²) in [5, 5.41) is 14.4. The first-order valence-corrected chi connectivity index (χ1v) is 9.01. The van der Waals surface area contributed by atoms with Gasteiger partial charge in [-0.15, -0.1) is 0 Å². The molecule has 0 heterocycles. The Kier molecular flexibility index (Phi) is 6.14. The predicted molar refractivity (Wildman–Crippen MR) is 112 cm³/mol. The molecule has 6 nitrogen and oxygen atoms in total. The van der Waals surface area contributed by atoms with E-state index in [1.165, 1.54) is 32.3 Å². The summed E-state index contributed by atoms with van der Waals surface area (Å²) in [4.78, 5) is 24.3. The van der Waals surface area contributed by atoms with Crippen molar-refractivity contribution in [2.24, 2.45) is 0 Å². The van der Waals surface area contributed by atoms with Crippen LogP contribution in [0.4, 0.5) is 5.69 Å². The van der Waals surface area contributed by atoms with Gasteiger partial charge in [0.15, 0.2) is 17.6 Å². The van der Waals surface area contributed by atoms with Crippen molar-refractivity contribution in [3.8, 4) is 11.5 Å². The molecule has 0 radical (unpaired) electrons. The first-order valence-electron chi connectivity index (χ1n) is 9.01. The van der Waals surface area contributed by atoms with Crippen LogP contribution >= 0.6 is 0 Å². The van der Waals surface area contributed by atoms with Crippen molar-refractivity contribution in [1.29, 1.82) is 0 Å². The van der Waals surface area contributed by atoms with Crippen LogP contribution in [-0.4, -0.2) is 30.2 Å². The van der Waals surface area contributed by atoms with Crippen molar-refractivity contribution in [1.82, 2.24) is 0 Å². The van der Waals surface area contributed by atoms with Gasteiger partial charge in [0, 0.05) is 11.8 Å². The standard InChI is InChI=1S/C23H21NO5/c1-15(23(27)24-19-10-9-17-5-3-4-6-18(17)14-19)29-22(26)12-8-16-7-11-20(25)21(13-16)28-2/h3-15,25H,1-2H3,(H,24,27)/b12-8+. The molecular formula is C23H21NO5. The molecule has 0 aromatic heterocycles. The number of benzene rings is 3. The van der Waals surface area contributed by atoms with Crippen molar-refractivity contribution in [2.45, 2.75) is 13.0 Å². The maximum absolute atomic E-state index is 12.3. The normalized spacial score (nSPS) is 11.9. The highest BCUT2D eigenvalue weighted by atomic mass is 16.5. The second-order valence-corrected chi connectivity index (χ2v) is 6.39. The van der Waals surface area contributed by atoms with E-state index in [1.807, 2.05) is 36.4 Å². The number of esters is 1. The number of amides is 1. The summed E-state index contributed by atoms with van der Waals surface area (Å²) in [5.74, 6) is -0.776. The molecule has 0 saturated heterocycles. The number of phenols is 1. The van der Waals surface area contributed by atoms with Gasteiger partial charge in [-0.25, -0.2) is 4.79 Å². The van der Waals surface area contributed by atoms with Crippen LogP contribution in [0, 0.1) is 0 Å². The predicted octanol–water partition coefficient (Wildman–Crippen LogP) is 4.14. The van der Waals surface area contributed by atoms with Gasteiger partial charge < -0.3 is 19.9 Å². The number of phenolic OH excluding ortho intramolecular Hbond substituents is 1. The molecule has 0 fully saturated rings. The SMILES string of the molecule is COc1cc(/C=C/C(=O)OC(C)C(=O)Nc2ccc3ccccc3c2)ccc1O. The Balaban J connectivity index is 1.58. The summed E-state index contributed by atoms with van der Waals surface area (Å²) >= 11 is 0. The molecule has 1 atom stereocenters. The van der Waals surface area contributed by atoms with Crippen LogP contribution in [0.3, 0.4) is 0 Å². The summed E-state index contributed by atoms with van der Waals surface area (Å²) in [7, 11) is 1.44. The molecule has 0 aliphatic carbocycles. The van der Waals surface area contributed by atoms with Crippen molar-refractivity contribution < 1.29 is 24.2 Å². The van der Waals surface area contributed by atoms with Gasteiger partial charge in [0.25, 0.3) is 5.91 Å². The Morgan fingerprint density at radius 2 is 1.79 bits per heavy atom. The van der Waals surface area contributed by atoms with E-state index in [4.69, 9.17) is 9.47 Å². The Morgan fingerprint density at radius 3 is 2.55 bits per heavy atom. The summed E-state index contributed by atoms with van der Waals surface area (Å²) < 4.78 is 10.2. The molecule has 6 heteroatoms. The Morgan fingerprint density at radius 1 is 1.03 bits per heavy atom.